The highest BCUT2D eigenvalue weighted by Crippen LogP contribution is 2.14. The molecule has 0 aromatic heterocycles. The fourth-order valence-corrected chi connectivity index (χ4v) is 1.59. The third kappa shape index (κ3) is 2.59. The summed E-state index contributed by atoms with van der Waals surface area (Å²) in [6, 6.07) is 6.25. The van der Waals surface area contributed by atoms with Gasteiger partial charge < -0.3 is 5.73 Å². The maximum Gasteiger partial charge on any atom is 0.221 e. The van der Waals surface area contributed by atoms with Gasteiger partial charge in [0.15, 0.2) is 0 Å². The smallest absolute Gasteiger partial charge is 0.221 e. The minimum absolute atomic E-state index is 0.260. The van der Waals surface area contributed by atoms with E-state index in [2.05, 4.69) is 26.0 Å². The summed E-state index contributed by atoms with van der Waals surface area (Å²) in [5.74, 6) is -0.260. The summed E-state index contributed by atoms with van der Waals surface area (Å²) in [5, 5.41) is 0. The lowest BCUT2D eigenvalue weighted by atomic mass is 9.98. The Balaban J connectivity index is 2.98. The first-order chi connectivity index (χ1) is 6.67. The van der Waals surface area contributed by atoms with Crippen LogP contribution in [0.2, 0.25) is 0 Å². The molecular weight excluding hydrogens is 174 g/mol. The number of hydrogen-bond acceptors (Lipinski definition) is 1. The molecule has 0 bridgehead atoms. The zero-order valence-corrected chi connectivity index (χ0v) is 8.84. The van der Waals surface area contributed by atoms with Crippen molar-refractivity contribution in [2.75, 3.05) is 0 Å². The second-order valence-corrected chi connectivity index (χ2v) is 3.45. The van der Waals surface area contributed by atoms with E-state index >= 15 is 0 Å². The summed E-state index contributed by atoms with van der Waals surface area (Å²) in [6.45, 7) is 4.22. The molecule has 14 heavy (non-hydrogen) atoms. The Morgan fingerprint density at radius 1 is 1.21 bits per heavy atom. The lowest BCUT2D eigenvalue weighted by Gasteiger charge is -2.07. The molecule has 0 fully saturated rings. The molecule has 0 spiro atoms. The van der Waals surface area contributed by atoms with Crippen LogP contribution in [0, 0.1) is 0 Å². The molecule has 0 aliphatic heterocycles. The molecule has 2 N–H and O–H groups in total. The van der Waals surface area contributed by atoms with Crippen molar-refractivity contribution >= 4 is 5.91 Å². The van der Waals surface area contributed by atoms with Crippen molar-refractivity contribution in [2.45, 2.75) is 33.1 Å². The molecule has 0 aliphatic carbocycles. The number of aryl methyl sites for hydroxylation is 2. The normalized spacial score (nSPS) is 10.1. The van der Waals surface area contributed by atoms with E-state index in [0.29, 0.717) is 6.42 Å². The van der Waals surface area contributed by atoms with Crippen LogP contribution in [0.4, 0.5) is 0 Å². The van der Waals surface area contributed by atoms with Gasteiger partial charge in [-0.3, -0.25) is 4.79 Å². The molecule has 0 aliphatic rings. The summed E-state index contributed by atoms with van der Waals surface area (Å²) < 4.78 is 0. The van der Waals surface area contributed by atoms with Crippen LogP contribution in [0.25, 0.3) is 0 Å². The summed E-state index contributed by atoms with van der Waals surface area (Å²) in [7, 11) is 0. The third-order valence-electron chi connectivity index (χ3n) is 2.42. The van der Waals surface area contributed by atoms with Crippen LogP contribution in [0.1, 0.15) is 30.5 Å². The zero-order chi connectivity index (χ0) is 10.6. The fourth-order valence-electron chi connectivity index (χ4n) is 1.59. The first-order valence-corrected chi connectivity index (χ1v) is 5.06. The molecule has 1 rings (SSSR count). The number of hydrogen-bond donors (Lipinski definition) is 1. The van der Waals surface area contributed by atoms with Crippen LogP contribution in [0.5, 0.6) is 0 Å². The van der Waals surface area contributed by atoms with E-state index in [1.165, 1.54) is 11.1 Å². The minimum Gasteiger partial charge on any atom is -0.369 e. The number of rotatable bonds is 4. The zero-order valence-electron chi connectivity index (χ0n) is 8.84. The van der Waals surface area contributed by atoms with Gasteiger partial charge in [0.25, 0.3) is 0 Å². The van der Waals surface area contributed by atoms with Crippen LogP contribution in [0.3, 0.4) is 0 Å². The molecule has 0 saturated carbocycles. The van der Waals surface area contributed by atoms with Crippen LogP contribution in [-0.4, -0.2) is 5.91 Å². The van der Waals surface area contributed by atoms with Crippen molar-refractivity contribution in [2.24, 2.45) is 5.73 Å². The Morgan fingerprint density at radius 3 is 2.43 bits per heavy atom. The molecule has 0 unspecified atom stereocenters. The van der Waals surface area contributed by atoms with E-state index in [9.17, 15) is 4.79 Å². The lowest BCUT2D eigenvalue weighted by Crippen LogP contribution is -2.14. The van der Waals surface area contributed by atoms with Gasteiger partial charge in [0.1, 0.15) is 0 Å². The highest BCUT2D eigenvalue weighted by molar-refractivity contribution is 5.77. The molecule has 0 atom stereocenters. The average molecular weight is 191 g/mol. The largest absolute Gasteiger partial charge is 0.369 e. The predicted molar refractivity (Wildman–Crippen MR) is 58.1 cm³/mol. The predicted octanol–water partition coefficient (Wildman–Crippen LogP) is 1.84. The second kappa shape index (κ2) is 4.80. The van der Waals surface area contributed by atoms with Gasteiger partial charge in [-0.15, -0.1) is 0 Å². The number of benzene rings is 1. The highest BCUT2D eigenvalue weighted by atomic mass is 16.1. The number of carbonyl (C=O) groups is 1. The maximum absolute atomic E-state index is 10.8. The Morgan fingerprint density at radius 2 is 1.93 bits per heavy atom. The van der Waals surface area contributed by atoms with Crippen molar-refractivity contribution in [3.05, 3.63) is 34.9 Å². The van der Waals surface area contributed by atoms with Crippen molar-refractivity contribution in [1.82, 2.24) is 0 Å². The third-order valence-corrected chi connectivity index (χ3v) is 2.42. The van der Waals surface area contributed by atoms with Gasteiger partial charge in [-0.05, 0) is 29.5 Å². The topological polar surface area (TPSA) is 43.1 Å². The Labute approximate surface area is 85.1 Å². The minimum atomic E-state index is -0.260. The second-order valence-electron chi connectivity index (χ2n) is 3.45. The summed E-state index contributed by atoms with van der Waals surface area (Å²) in [6.07, 6.45) is 2.34. The Kier molecular flexibility index (Phi) is 3.69. The van der Waals surface area contributed by atoms with Crippen molar-refractivity contribution < 1.29 is 4.79 Å². The standard InChI is InChI=1S/C12H17NO/c1-3-9-5-6-11(8-12(13)14)10(4-2)7-9/h5-7H,3-4,8H2,1-2H3,(H2,13,14). The number of primary amides is 1. The van der Waals surface area contributed by atoms with Gasteiger partial charge in [0.05, 0.1) is 6.42 Å². The van der Waals surface area contributed by atoms with Crippen molar-refractivity contribution in [1.29, 1.82) is 0 Å². The van der Waals surface area contributed by atoms with Crippen LogP contribution < -0.4 is 5.73 Å². The molecule has 1 aromatic carbocycles. The lowest BCUT2D eigenvalue weighted by molar-refractivity contribution is -0.117. The molecule has 0 heterocycles. The molecule has 1 amide bonds. The van der Waals surface area contributed by atoms with E-state index in [-0.39, 0.29) is 5.91 Å². The van der Waals surface area contributed by atoms with E-state index in [4.69, 9.17) is 5.73 Å². The number of nitrogens with two attached hydrogens (primary N) is 1. The molecule has 0 radical (unpaired) electrons. The number of amides is 1. The number of carbonyl (C=O) groups excluding carboxylic acids is 1. The van der Waals surface area contributed by atoms with E-state index < -0.39 is 0 Å². The highest BCUT2D eigenvalue weighted by Gasteiger charge is 2.04. The van der Waals surface area contributed by atoms with E-state index in [0.717, 1.165) is 18.4 Å². The van der Waals surface area contributed by atoms with E-state index in [1.807, 2.05) is 6.07 Å². The van der Waals surface area contributed by atoms with Crippen LogP contribution >= 0.6 is 0 Å². The monoisotopic (exact) mass is 191 g/mol. The van der Waals surface area contributed by atoms with Crippen LogP contribution in [0.15, 0.2) is 18.2 Å². The SMILES string of the molecule is CCc1ccc(CC(N)=O)c(CC)c1. The van der Waals surface area contributed by atoms with Crippen molar-refractivity contribution in [3.8, 4) is 0 Å². The molecule has 2 nitrogen and oxygen atoms in total. The van der Waals surface area contributed by atoms with Gasteiger partial charge in [0, 0.05) is 0 Å². The van der Waals surface area contributed by atoms with Gasteiger partial charge in [-0.1, -0.05) is 32.0 Å². The average Bonchev–Trinajstić information content (AvgIpc) is 2.17. The van der Waals surface area contributed by atoms with Gasteiger partial charge in [-0.2, -0.15) is 0 Å². The summed E-state index contributed by atoms with van der Waals surface area (Å²) >= 11 is 0. The maximum atomic E-state index is 10.8. The van der Waals surface area contributed by atoms with Crippen LogP contribution in [-0.2, 0) is 24.1 Å². The quantitative estimate of drug-likeness (QED) is 0.775. The molecule has 1 aromatic rings. The molecular formula is C12H17NO. The van der Waals surface area contributed by atoms with Gasteiger partial charge >= 0.3 is 0 Å². The molecule has 76 valence electrons. The molecule has 2 heteroatoms. The first-order valence-electron chi connectivity index (χ1n) is 5.06. The van der Waals surface area contributed by atoms with Gasteiger partial charge in [-0.25, -0.2) is 0 Å². The Bertz CT molecular complexity index is 331. The summed E-state index contributed by atoms with van der Waals surface area (Å²) in [5.41, 5.74) is 8.80. The van der Waals surface area contributed by atoms with E-state index in [1.54, 1.807) is 0 Å². The fraction of sp³-hybridized carbons (Fsp3) is 0.417. The summed E-state index contributed by atoms with van der Waals surface area (Å²) in [4.78, 5) is 10.8. The van der Waals surface area contributed by atoms with Crippen molar-refractivity contribution in [3.63, 3.8) is 0 Å². The van der Waals surface area contributed by atoms with Gasteiger partial charge in [0.2, 0.25) is 5.91 Å². The molecule has 0 saturated heterocycles. The Hall–Kier alpha value is -1.31. The first kappa shape index (κ1) is 10.8.